The van der Waals surface area contributed by atoms with Gasteiger partial charge in [0.05, 0.1) is 0 Å². The summed E-state index contributed by atoms with van der Waals surface area (Å²) >= 11 is 0. The Morgan fingerprint density at radius 2 is 1.06 bits per heavy atom. The molecule has 0 spiro atoms. The Balaban J connectivity index is 3.28. The van der Waals surface area contributed by atoms with Crippen LogP contribution in [0.2, 0.25) is 0 Å². The summed E-state index contributed by atoms with van der Waals surface area (Å²) in [5.41, 5.74) is 0. The maximum absolute atomic E-state index is 4.11. The second-order valence-electron chi connectivity index (χ2n) is 5.56. The first kappa shape index (κ1) is 17.0. The summed E-state index contributed by atoms with van der Waals surface area (Å²) in [4.78, 5) is 0. The fourth-order valence-electron chi connectivity index (χ4n) is 2.51. The molecule has 0 rings (SSSR count). The van der Waals surface area contributed by atoms with E-state index < -0.39 is 0 Å². The highest BCUT2D eigenvalue weighted by molar-refractivity contribution is 4.61. The highest BCUT2D eigenvalue weighted by atomic mass is 14.1. The average Bonchev–Trinajstić information content (AvgIpc) is 2.36. The Bertz CT molecular complexity index is 128. The molecule has 0 aliphatic heterocycles. The molecule has 0 aromatic heterocycles. The van der Waals surface area contributed by atoms with Gasteiger partial charge in [-0.25, -0.2) is 0 Å². The van der Waals surface area contributed by atoms with Crippen molar-refractivity contribution >= 4 is 0 Å². The topological polar surface area (TPSA) is 0 Å². The summed E-state index contributed by atoms with van der Waals surface area (Å²) in [7, 11) is 0. The molecule has 0 aromatic carbocycles. The first-order valence-electron chi connectivity index (χ1n) is 8.14. The van der Waals surface area contributed by atoms with Crippen LogP contribution >= 0.6 is 0 Å². The van der Waals surface area contributed by atoms with Crippen LogP contribution in [0.1, 0.15) is 97.3 Å². The zero-order valence-corrected chi connectivity index (χ0v) is 12.5. The van der Waals surface area contributed by atoms with E-state index in [1.54, 1.807) is 0 Å². The summed E-state index contributed by atoms with van der Waals surface area (Å²) in [5.74, 6) is 0.915. The normalized spacial score (nSPS) is 12.9. The van der Waals surface area contributed by atoms with E-state index in [0.717, 1.165) is 12.3 Å². The SMILES string of the molecule is [CH2]CC(CCCCCC)CCCCCCCC. The molecular weight excluding hydrogens is 204 g/mol. The number of hydrogen-bond donors (Lipinski definition) is 0. The van der Waals surface area contributed by atoms with Gasteiger partial charge in [0.2, 0.25) is 0 Å². The van der Waals surface area contributed by atoms with E-state index in [1.807, 2.05) is 0 Å². The van der Waals surface area contributed by atoms with Gasteiger partial charge in [-0.1, -0.05) is 104 Å². The highest BCUT2D eigenvalue weighted by Gasteiger charge is 2.05. The highest BCUT2D eigenvalue weighted by Crippen LogP contribution is 2.21. The molecule has 0 saturated carbocycles. The second-order valence-corrected chi connectivity index (χ2v) is 5.56. The van der Waals surface area contributed by atoms with Crippen LogP contribution in [-0.4, -0.2) is 0 Å². The molecule has 17 heavy (non-hydrogen) atoms. The van der Waals surface area contributed by atoms with Crippen LogP contribution in [0.4, 0.5) is 0 Å². The third-order valence-corrected chi connectivity index (χ3v) is 3.84. The van der Waals surface area contributed by atoms with Crippen molar-refractivity contribution in [1.29, 1.82) is 0 Å². The Morgan fingerprint density at radius 1 is 0.647 bits per heavy atom. The first-order valence-corrected chi connectivity index (χ1v) is 8.14. The zero-order valence-electron chi connectivity index (χ0n) is 12.5. The Kier molecular flexibility index (Phi) is 14.1. The second kappa shape index (κ2) is 14.1. The molecular formula is C17H35. The lowest BCUT2D eigenvalue weighted by Gasteiger charge is -2.14. The Labute approximate surface area is 111 Å². The number of hydrogen-bond acceptors (Lipinski definition) is 0. The first-order chi connectivity index (χ1) is 8.35. The van der Waals surface area contributed by atoms with Gasteiger partial charge in [0.1, 0.15) is 0 Å². The molecule has 0 heteroatoms. The summed E-state index contributed by atoms with van der Waals surface area (Å²) in [6.45, 7) is 8.69. The standard InChI is InChI=1S/C17H35/c1-4-7-9-11-12-14-16-17(6-3)15-13-10-8-5-2/h17H,3-16H2,1-2H3. The lowest BCUT2D eigenvalue weighted by atomic mass is 9.92. The van der Waals surface area contributed by atoms with Crippen molar-refractivity contribution in [3.8, 4) is 0 Å². The van der Waals surface area contributed by atoms with Gasteiger partial charge in [0, 0.05) is 0 Å². The molecule has 103 valence electrons. The largest absolute Gasteiger partial charge is 0.0654 e. The smallest absolute Gasteiger partial charge is 0.0414 e. The van der Waals surface area contributed by atoms with Crippen molar-refractivity contribution in [3.63, 3.8) is 0 Å². The van der Waals surface area contributed by atoms with Gasteiger partial charge >= 0.3 is 0 Å². The third-order valence-electron chi connectivity index (χ3n) is 3.84. The minimum Gasteiger partial charge on any atom is -0.0654 e. The predicted molar refractivity (Wildman–Crippen MR) is 80.2 cm³/mol. The van der Waals surface area contributed by atoms with E-state index in [0.29, 0.717) is 0 Å². The lowest BCUT2D eigenvalue weighted by molar-refractivity contribution is 0.406. The summed E-state index contributed by atoms with van der Waals surface area (Å²) < 4.78 is 0. The van der Waals surface area contributed by atoms with E-state index in [1.165, 1.54) is 77.0 Å². The fraction of sp³-hybridized carbons (Fsp3) is 0.941. The molecule has 1 radical (unpaired) electrons. The van der Waals surface area contributed by atoms with Crippen molar-refractivity contribution in [2.24, 2.45) is 5.92 Å². The molecule has 0 N–H and O–H groups in total. The van der Waals surface area contributed by atoms with Crippen molar-refractivity contribution in [3.05, 3.63) is 6.92 Å². The molecule has 0 fully saturated rings. The monoisotopic (exact) mass is 239 g/mol. The Morgan fingerprint density at radius 3 is 1.53 bits per heavy atom. The minimum atomic E-state index is 0.915. The minimum absolute atomic E-state index is 0.915. The van der Waals surface area contributed by atoms with E-state index in [4.69, 9.17) is 0 Å². The lowest BCUT2D eigenvalue weighted by Crippen LogP contribution is -1.99. The summed E-state index contributed by atoms with van der Waals surface area (Å²) in [6, 6.07) is 0. The van der Waals surface area contributed by atoms with Gasteiger partial charge in [-0.05, 0) is 5.92 Å². The molecule has 0 aliphatic carbocycles. The van der Waals surface area contributed by atoms with Crippen LogP contribution in [0.25, 0.3) is 0 Å². The van der Waals surface area contributed by atoms with Gasteiger partial charge in [-0.2, -0.15) is 0 Å². The zero-order chi connectivity index (χ0) is 12.8. The molecule has 0 aromatic rings. The van der Waals surface area contributed by atoms with Crippen molar-refractivity contribution in [2.75, 3.05) is 0 Å². The van der Waals surface area contributed by atoms with E-state index in [2.05, 4.69) is 20.8 Å². The quantitative estimate of drug-likeness (QED) is 0.320. The van der Waals surface area contributed by atoms with Crippen molar-refractivity contribution in [2.45, 2.75) is 97.3 Å². The fourth-order valence-corrected chi connectivity index (χ4v) is 2.51. The average molecular weight is 239 g/mol. The van der Waals surface area contributed by atoms with Gasteiger partial charge in [-0.3, -0.25) is 0 Å². The molecule has 1 atom stereocenters. The Hall–Kier alpha value is 0. The summed E-state index contributed by atoms with van der Waals surface area (Å²) in [6.07, 6.45) is 18.2. The number of rotatable bonds is 13. The summed E-state index contributed by atoms with van der Waals surface area (Å²) in [5, 5.41) is 0. The van der Waals surface area contributed by atoms with Crippen molar-refractivity contribution < 1.29 is 0 Å². The molecule has 0 saturated heterocycles. The molecule has 0 bridgehead atoms. The van der Waals surface area contributed by atoms with Gasteiger partial charge in [0.15, 0.2) is 0 Å². The van der Waals surface area contributed by atoms with Gasteiger partial charge in [0.25, 0.3) is 0 Å². The van der Waals surface area contributed by atoms with E-state index in [-0.39, 0.29) is 0 Å². The van der Waals surface area contributed by atoms with Gasteiger partial charge < -0.3 is 0 Å². The van der Waals surface area contributed by atoms with Crippen LogP contribution in [0.5, 0.6) is 0 Å². The third kappa shape index (κ3) is 12.2. The van der Waals surface area contributed by atoms with Crippen molar-refractivity contribution in [1.82, 2.24) is 0 Å². The molecule has 0 aliphatic rings. The molecule has 1 unspecified atom stereocenters. The predicted octanol–water partition coefficient (Wildman–Crippen LogP) is 6.55. The molecule has 0 nitrogen and oxygen atoms in total. The van der Waals surface area contributed by atoms with Crippen LogP contribution < -0.4 is 0 Å². The molecule has 0 heterocycles. The molecule has 0 amide bonds. The van der Waals surface area contributed by atoms with E-state index in [9.17, 15) is 0 Å². The van der Waals surface area contributed by atoms with Crippen LogP contribution in [0.3, 0.4) is 0 Å². The maximum Gasteiger partial charge on any atom is -0.0414 e. The van der Waals surface area contributed by atoms with Crippen LogP contribution in [-0.2, 0) is 0 Å². The maximum atomic E-state index is 4.11. The van der Waals surface area contributed by atoms with Gasteiger partial charge in [-0.15, -0.1) is 0 Å². The number of unbranched alkanes of at least 4 members (excludes halogenated alkanes) is 8. The van der Waals surface area contributed by atoms with E-state index >= 15 is 0 Å². The van der Waals surface area contributed by atoms with Crippen LogP contribution in [0, 0.1) is 12.8 Å². The van der Waals surface area contributed by atoms with Crippen LogP contribution in [0.15, 0.2) is 0 Å².